The minimum Gasteiger partial charge on any atom is -0.0845 e. The highest BCUT2D eigenvalue weighted by Crippen LogP contribution is 2.66. The lowest BCUT2D eigenvalue weighted by atomic mass is 9.46. The van der Waals surface area contributed by atoms with Crippen molar-refractivity contribution in [3.63, 3.8) is 0 Å². The standard InChI is InChI=1S/C23H36/c1-5-16-11-13-23(4)18(15-16)7-9-19-20-10-8-17(6-2)22(20,3)14-12-21(19)23/h8,15-16,19-21H,5-7,9-14H2,1-4H3/t16-,19?,20?,21?,22+,23-/m0/s1. The first-order chi connectivity index (χ1) is 11.0. The Morgan fingerprint density at radius 1 is 1.00 bits per heavy atom. The number of allylic oxidation sites excluding steroid dienone is 4. The van der Waals surface area contributed by atoms with Gasteiger partial charge in [-0.3, -0.25) is 0 Å². The number of rotatable bonds is 2. The van der Waals surface area contributed by atoms with Crippen molar-refractivity contribution in [2.75, 3.05) is 0 Å². The van der Waals surface area contributed by atoms with Gasteiger partial charge in [0, 0.05) is 0 Å². The summed E-state index contributed by atoms with van der Waals surface area (Å²) in [6.45, 7) is 10.0. The molecular formula is C23H36. The van der Waals surface area contributed by atoms with Crippen molar-refractivity contribution in [3.05, 3.63) is 23.3 Å². The first kappa shape index (κ1) is 16.0. The van der Waals surface area contributed by atoms with Crippen LogP contribution in [0.15, 0.2) is 23.3 Å². The van der Waals surface area contributed by atoms with Crippen LogP contribution in [0.5, 0.6) is 0 Å². The molecule has 2 fully saturated rings. The van der Waals surface area contributed by atoms with Gasteiger partial charge in [-0.15, -0.1) is 0 Å². The third-order valence-electron chi connectivity index (χ3n) is 8.85. The molecule has 0 spiro atoms. The number of fused-ring (bicyclic) bond motifs is 5. The fraction of sp³-hybridized carbons (Fsp3) is 0.826. The molecule has 0 aromatic carbocycles. The Hall–Kier alpha value is -0.520. The molecule has 4 rings (SSSR count). The second-order valence-corrected chi connectivity index (χ2v) is 9.51. The van der Waals surface area contributed by atoms with Gasteiger partial charge in [-0.2, -0.15) is 0 Å². The lowest BCUT2D eigenvalue weighted by molar-refractivity contribution is -0.0313. The van der Waals surface area contributed by atoms with Gasteiger partial charge in [-0.25, -0.2) is 0 Å². The first-order valence-electron chi connectivity index (χ1n) is 10.4. The van der Waals surface area contributed by atoms with Crippen LogP contribution in [0, 0.1) is 34.5 Å². The predicted molar refractivity (Wildman–Crippen MR) is 99.2 cm³/mol. The molecular weight excluding hydrogens is 276 g/mol. The molecule has 3 unspecified atom stereocenters. The molecule has 0 heteroatoms. The molecule has 0 nitrogen and oxygen atoms in total. The zero-order chi connectivity index (χ0) is 16.2. The van der Waals surface area contributed by atoms with E-state index in [2.05, 4.69) is 39.8 Å². The summed E-state index contributed by atoms with van der Waals surface area (Å²) in [6.07, 6.45) is 18.1. The largest absolute Gasteiger partial charge is 0.0845 e. The van der Waals surface area contributed by atoms with Crippen LogP contribution in [0.2, 0.25) is 0 Å². The molecule has 128 valence electrons. The Morgan fingerprint density at radius 3 is 2.52 bits per heavy atom. The zero-order valence-corrected chi connectivity index (χ0v) is 15.8. The van der Waals surface area contributed by atoms with Gasteiger partial charge < -0.3 is 0 Å². The van der Waals surface area contributed by atoms with E-state index in [1.165, 1.54) is 57.8 Å². The summed E-state index contributed by atoms with van der Waals surface area (Å²) in [5.41, 5.74) is 4.75. The highest BCUT2D eigenvalue weighted by Gasteiger charge is 2.56. The summed E-state index contributed by atoms with van der Waals surface area (Å²) in [4.78, 5) is 0. The van der Waals surface area contributed by atoms with Gasteiger partial charge >= 0.3 is 0 Å². The second-order valence-electron chi connectivity index (χ2n) is 9.51. The van der Waals surface area contributed by atoms with Crippen LogP contribution in [-0.4, -0.2) is 0 Å². The van der Waals surface area contributed by atoms with Crippen molar-refractivity contribution in [1.82, 2.24) is 0 Å². The monoisotopic (exact) mass is 312 g/mol. The van der Waals surface area contributed by atoms with Gasteiger partial charge in [-0.05, 0) is 92.3 Å². The maximum absolute atomic E-state index is 2.72. The molecule has 0 aliphatic heterocycles. The summed E-state index contributed by atoms with van der Waals surface area (Å²) >= 11 is 0. The molecule has 4 aliphatic carbocycles. The molecule has 0 aromatic rings. The first-order valence-corrected chi connectivity index (χ1v) is 10.4. The smallest absolute Gasteiger partial charge is 0.00824 e. The van der Waals surface area contributed by atoms with Crippen molar-refractivity contribution < 1.29 is 0 Å². The average molecular weight is 313 g/mol. The van der Waals surface area contributed by atoms with E-state index in [1.807, 2.05) is 5.57 Å². The van der Waals surface area contributed by atoms with Crippen molar-refractivity contribution in [3.8, 4) is 0 Å². The lowest BCUT2D eigenvalue weighted by Crippen LogP contribution is -2.49. The third-order valence-corrected chi connectivity index (χ3v) is 8.85. The molecule has 0 N–H and O–H groups in total. The molecule has 0 heterocycles. The van der Waals surface area contributed by atoms with Crippen LogP contribution in [0.3, 0.4) is 0 Å². The van der Waals surface area contributed by atoms with Gasteiger partial charge in [0.05, 0.1) is 0 Å². The normalized spacial score (nSPS) is 48.9. The number of hydrogen-bond acceptors (Lipinski definition) is 0. The Balaban J connectivity index is 1.64. The Morgan fingerprint density at radius 2 is 1.78 bits per heavy atom. The van der Waals surface area contributed by atoms with E-state index < -0.39 is 0 Å². The second kappa shape index (κ2) is 5.50. The SMILES string of the molecule is CCC1=CCC2C3CCC4=C[C@@H](CC)CC[C@]4(C)C3CC[C@]12C. The topological polar surface area (TPSA) is 0 Å². The van der Waals surface area contributed by atoms with Crippen LogP contribution >= 0.6 is 0 Å². The van der Waals surface area contributed by atoms with Crippen LogP contribution < -0.4 is 0 Å². The molecule has 0 aromatic heterocycles. The predicted octanol–water partition coefficient (Wildman–Crippen LogP) is 6.92. The van der Waals surface area contributed by atoms with Gasteiger partial charge in [0.2, 0.25) is 0 Å². The van der Waals surface area contributed by atoms with Crippen molar-refractivity contribution >= 4 is 0 Å². The van der Waals surface area contributed by atoms with E-state index in [0.717, 1.165) is 23.7 Å². The maximum Gasteiger partial charge on any atom is -0.00824 e. The van der Waals surface area contributed by atoms with E-state index in [-0.39, 0.29) is 0 Å². The van der Waals surface area contributed by atoms with Crippen molar-refractivity contribution in [2.45, 2.75) is 85.5 Å². The molecule has 0 amide bonds. The molecule has 6 atom stereocenters. The summed E-state index contributed by atoms with van der Waals surface area (Å²) in [6, 6.07) is 0. The highest BCUT2D eigenvalue weighted by atomic mass is 14.6. The average Bonchev–Trinajstić information content (AvgIpc) is 2.90. The lowest BCUT2D eigenvalue weighted by Gasteiger charge is -2.58. The quantitative estimate of drug-likeness (QED) is 0.485. The van der Waals surface area contributed by atoms with E-state index >= 15 is 0 Å². The summed E-state index contributed by atoms with van der Waals surface area (Å²) in [7, 11) is 0. The molecule has 2 saturated carbocycles. The fourth-order valence-corrected chi connectivity index (χ4v) is 7.33. The van der Waals surface area contributed by atoms with Gasteiger partial charge in [0.25, 0.3) is 0 Å². The Labute approximate surface area is 143 Å². The van der Waals surface area contributed by atoms with Crippen LogP contribution in [-0.2, 0) is 0 Å². The zero-order valence-electron chi connectivity index (χ0n) is 15.8. The molecule has 4 aliphatic rings. The minimum absolute atomic E-state index is 0.547. The Bertz CT molecular complexity index is 538. The van der Waals surface area contributed by atoms with E-state index in [9.17, 15) is 0 Å². The van der Waals surface area contributed by atoms with Crippen molar-refractivity contribution in [1.29, 1.82) is 0 Å². The molecule has 23 heavy (non-hydrogen) atoms. The Kier molecular flexibility index (Phi) is 3.82. The summed E-state index contributed by atoms with van der Waals surface area (Å²) in [5, 5.41) is 0. The van der Waals surface area contributed by atoms with Crippen LogP contribution in [0.1, 0.15) is 85.5 Å². The fourth-order valence-electron chi connectivity index (χ4n) is 7.33. The van der Waals surface area contributed by atoms with E-state index in [1.54, 1.807) is 5.57 Å². The maximum atomic E-state index is 2.72. The van der Waals surface area contributed by atoms with Gasteiger partial charge in [0.1, 0.15) is 0 Å². The van der Waals surface area contributed by atoms with E-state index in [0.29, 0.717) is 10.8 Å². The van der Waals surface area contributed by atoms with Crippen molar-refractivity contribution in [2.24, 2.45) is 34.5 Å². The van der Waals surface area contributed by atoms with Gasteiger partial charge in [0.15, 0.2) is 0 Å². The minimum atomic E-state index is 0.547. The van der Waals surface area contributed by atoms with E-state index in [4.69, 9.17) is 0 Å². The molecule has 0 saturated heterocycles. The van der Waals surface area contributed by atoms with Crippen LogP contribution in [0.4, 0.5) is 0 Å². The number of hydrogen-bond donors (Lipinski definition) is 0. The van der Waals surface area contributed by atoms with Gasteiger partial charge in [-0.1, -0.05) is 51.0 Å². The molecule has 0 bridgehead atoms. The summed E-state index contributed by atoms with van der Waals surface area (Å²) < 4.78 is 0. The van der Waals surface area contributed by atoms with Crippen LogP contribution in [0.25, 0.3) is 0 Å². The molecule has 0 radical (unpaired) electrons. The summed E-state index contributed by atoms with van der Waals surface area (Å²) in [5.74, 6) is 3.80. The third kappa shape index (κ3) is 2.16. The highest BCUT2D eigenvalue weighted by molar-refractivity contribution is 5.29.